The molecule has 29 heavy (non-hydrogen) atoms. The maximum absolute atomic E-state index is 13.2. The number of halogens is 1. The van der Waals surface area contributed by atoms with Crippen molar-refractivity contribution in [3.63, 3.8) is 0 Å². The molecule has 2 aromatic carbocycles. The van der Waals surface area contributed by atoms with E-state index >= 15 is 0 Å². The highest BCUT2D eigenvalue weighted by molar-refractivity contribution is 9.10. The largest absolute Gasteiger partial charge is 0.477 e. The van der Waals surface area contributed by atoms with E-state index < -0.39 is 11.4 Å². The van der Waals surface area contributed by atoms with Gasteiger partial charge in [0.2, 0.25) is 11.8 Å². The zero-order valence-corrected chi connectivity index (χ0v) is 17.2. The topological polar surface area (TPSA) is 95.5 Å². The highest BCUT2D eigenvalue weighted by Crippen LogP contribution is 2.56. The Morgan fingerprint density at radius 3 is 2.59 bits per heavy atom. The van der Waals surface area contributed by atoms with E-state index in [-0.39, 0.29) is 23.1 Å². The van der Waals surface area contributed by atoms with Crippen LogP contribution in [-0.2, 0) is 15.0 Å². The Hall–Kier alpha value is -2.97. The fourth-order valence-electron chi connectivity index (χ4n) is 4.12. The Bertz CT molecular complexity index is 1220. The monoisotopic (exact) mass is 468 g/mol. The average molecular weight is 469 g/mol. The molecule has 1 atom stereocenters. The number of fused-ring (bicyclic) bond motifs is 4. The van der Waals surface area contributed by atoms with Crippen molar-refractivity contribution < 1.29 is 19.5 Å². The van der Waals surface area contributed by atoms with Crippen LogP contribution < -0.4 is 10.6 Å². The number of rotatable bonds is 2. The third kappa shape index (κ3) is 2.49. The minimum Gasteiger partial charge on any atom is -0.477 e. The molecule has 8 heteroatoms. The van der Waals surface area contributed by atoms with Crippen LogP contribution in [0.4, 0.5) is 11.4 Å². The molecule has 3 heterocycles. The third-order valence-electron chi connectivity index (χ3n) is 5.32. The van der Waals surface area contributed by atoms with Gasteiger partial charge >= 0.3 is 5.97 Å². The molecule has 5 rings (SSSR count). The van der Waals surface area contributed by atoms with Gasteiger partial charge in [-0.2, -0.15) is 0 Å². The van der Waals surface area contributed by atoms with Crippen LogP contribution in [0, 0.1) is 0 Å². The summed E-state index contributed by atoms with van der Waals surface area (Å²) < 4.78 is 0.776. The summed E-state index contributed by atoms with van der Waals surface area (Å²) in [4.78, 5) is 38.7. The predicted molar refractivity (Wildman–Crippen MR) is 114 cm³/mol. The number of carbonyl (C=O) groups is 3. The Balaban J connectivity index is 1.86. The molecule has 3 N–H and O–H groups in total. The number of anilines is 2. The van der Waals surface area contributed by atoms with Gasteiger partial charge in [-0.1, -0.05) is 46.3 Å². The molecule has 6 nitrogen and oxygen atoms in total. The fraction of sp³-hybridized carbons (Fsp3) is 0.0952. The lowest BCUT2D eigenvalue weighted by molar-refractivity contribution is -0.125. The molecule has 0 fully saturated rings. The van der Waals surface area contributed by atoms with E-state index in [1.54, 1.807) is 30.3 Å². The van der Waals surface area contributed by atoms with Crippen molar-refractivity contribution in [3.8, 4) is 11.1 Å². The molecule has 144 valence electrons. The summed E-state index contributed by atoms with van der Waals surface area (Å²) in [7, 11) is 0. The Morgan fingerprint density at radius 1 is 1.10 bits per heavy atom. The normalized spacial score (nSPS) is 19.5. The van der Waals surface area contributed by atoms with Gasteiger partial charge < -0.3 is 15.7 Å². The van der Waals surface area contributed by atoms with Crippen LogP contribution in [0.5, 0.6) is 0 Å². The lowest BCUT2D eigenvalue weighted by Crippen LogP contribution is -2.42. The highest BCUT2D eigenvalue weighted by Gasteiger charge is 2.55. The standard InChI is InChI=1S/C21H13BrN2O4S/c22-11-6-7-13-12(8-11)21(20(28)23-13)9-14(25)24-16-15(10-4-2-1-3-5-10)17(19(26)27)29-18(16)21/h1-8H,9H2,(H,23,28)(H,24,25)(H,26,27)/t21-/m0/s1. The summed E-state index contributed by atoms with van der Waals surface area (Å²) in [6, 6.07) is 14.4. The predicted octanol–water partition coefficient (Wildman–Crippen LogP) is 4.46. The van der Waals surface area contributed by atoms with Crippen LogP contribution in [0.1, 0.15) is 26.5 Å². The lowest BCUT2D eigenvalue weighted by atomic mass is 9.74. The van der Waals surface area contributed by atoms with E-state index in [1.165, 1.54) is 0 Å². The van der Waals surface area contributed by atoms with Gasteiger partial charge in [-0.25, -0.2) is 4.79 Å². The summed E-state index contributed by atoms with van der Waals surface area (Å²) in [6.07, 6.45) is -0.0803. The number of carboxylic acids is 1. The number of carbonyl (C=O) groups excluding carboxylic acids is 2. The van der Waals surface area contributed by atoms with E-state index in [4.69, 9.17) is 0 Å². The minimum atomic E-state index is -1.25. The van der Waals surface area contributed by atoms with Crippen LogP contribution in [0.2, 0.25) is 0 Å². The van der Waals surface area contributed by atoms with Crippen molar-refractivity contribution in [2.45, 2.75) is 11.8 Å². The number of hydrogen-bond acceptors (Lipinski definition) is 4. The second kappa shape index (κ2) is 6.27. The number of benzene rings is 2. The number of thiophene rings is 1. The van der Waals surface area contributed by atoms with Gasteiger partial charge in [0.15, 0.2) is 0 Å². The van der Waals surface area contributed by atoms with E-state index in [2.05, 4.69) is 26.6 Å². The first-order valence-corrected chi connectivity index (χ1v) is 10.4. The van der Waals surface area contributed by atoms with Crippen molar-refractivity contribution in [3.05, 3.63) is 68.3 Å². The SMILES string of the molecule is O=C1C[C@@]2(C(=O)Nc3ccc(Br)cc32)c2sc(C(=O)O)c(-c3ccccc3)c2N1. The van der Waals surface area contributed by atoms with Crippen LogP contribution in [0.25, 0.3) is 11.1 Å². The van der Waals surface area contributed by atoms with E-state index in [1.807, 2.05) is 18.2 Å². The summed E-state index contributed by atoms with van der Waals surface area (Å²) in [5.74, 6) is -1.74. The number of aromatic carboxylic acids is 1. The van der Waals surface area contributed by atoms with Gasteiger partial charge in [-0.15, -0.1) is 11.3 Å². The molecule has 2 aliphatic heterocycles. The van der Waals surface area contributed by atoms with Crippen molar-refractivity contribution in [1.29, 1.82) is 0 Å². The summed E-state index contributed by atoms with van der Waals surface area (Å²) in [5, 5.41) is 15.6. The minimum absolute atomic E-state index is 0.0803. The molecular weight excluding hydrogens is 456 g/mol. The van der Waals surface area contributed by atoms with E-state index in [9.17, 15) is 19.5 Å². The first-order valence-electron chi connectivity index (χ1n) is 8.79. The second-order valence-corrected chi connectivity index (χ2v) is 8.89. The Morgan fingerprint density at radius 2 is 1.86 bits per heavy atom. The molecule has 1 spiro atoms. The summed E-state index contributed by atoms with van der Waals surface area (Å²) >= 11 is 4.48. The molecule has 0 saturated carbocycles. The van der Waals surface area contributed by atoms with Crippen molar-refractivity contribution in [2.24, 2.45) is 0 Å². The maximum atomic E-state index is 13.2. The Kier molecular flexibility index (Phi) is 3.91. The summed E-state index contributed by atoms with van der Waals surface area (Å²) in [5.41, 5.74) is 1.56. The van der Waals surface area contributed by atoms with Gasteiger partial charge in [0, 0.05) is 15.7 Å². The second-order valence-electron chi connectivity index (χ2n) is 6.96. The zero-order chi connectivity index (χ0) is 20.3. The first kappa shape index (κ1) is 18.1. The molecular formula is C21H13BrN2O4S. The zero-order valence-electron chi connectivity index (χ0n) is 14.8. The van der Waals surface area contributed by atoms with Gasteiger partial charge in [0.1, 0.15) is 10.3 Å². The molecule has 0 unspecified atom stereocenters. The lowest BCUT2D eigenvalue weighted by Gasteiger charge is -2.31. The average Bonchev–Trinajstić information content (AvgIpc) is 3.20. The van der Waals surface area contributed by atoms with Crippen LogP contribution in [0.15, 0.2) is 53.0 Å². The van der Waals surface area contributed by atoms with Crippen molar-refractivity contribution in [1.82, 2.24) is 0 Å². The van der Waals surface area contributed by atoms with E-state index in [0.717, 1.165) is 15.8 Å². The third-order valence-corrected chi connectivity index (χ3v) is 7.15. The number of carboxylic acid groups (broad SMARTS) is 1. The molecule has 1 aromatic heterocycles. The number of amides is 2. The summed E-state index contributed by atoms with van der Waals surface area (Å²) in [6.45, 7) is 0. The fourth-order valence-corrected chi connectivity index (χ4v) is 5.80. The number of nitrogens with one attached hydrogen (secondary N) is 2. The maximum Gasteiger partial charge on any atom is 0.346 e. The first-order chi connectivity index (χ1) is 13.9. The molecule has 0 radical (unpaired) electrons. The van der Waals surface area contributed by atoms with Crippen LogP contribution in [-0.4, -0.2) is 22.9 Å². The quantitative estimate of drug-likeness (QED) is 0.517. The molecule has 0 bridgehead atoms. The van der Waals surface area contributed by atoms with Gasteiger partial charge in [-0.05, 0) is 29.3 Å². The van der Waals surface area contributed by atoms with Gasteiger partial charge in [-0.3, -0.25) is 9.59 Å². The molecule has 2 amide bonds. The van der Waals surface area contributed by atoms with Crippen molar-refractivity contribution in [2.75, 3.05) is 10.6 Å². The van der Waals surface area contributed by atoms with E-state index in [0.29, 0.717) is 32.9 Å². The number of hydrogen-bond donors (Lipinski definition) is 3. The van der Waals surface area contributed by atoms with Gasteiger partial charge in [0.05, 0.1) is 17.0 Å². The van der Waals surface area contributed by atoms with Gasteiger partial charge in [0.25, 0.3) is 0 Å². The molecule has 0 aliphatic carbocycles. The van der Waals surface area contributed by atoms with Crippen LogP contribution >= 0.6 is 27.3 Å². The smallest absolute Gasteiger partial charge is 0.346 e. The van der Waals surface area contributed by atoms with Crippen molar-refractivity contribution >= 4 is 56.4 Å². The highest BCUT2D eigenvalue weighted by atomic mass is 79.9. The van der Waals surface area contributed by atoms with Crippen LogP contribution in [0.3, 0.4) is 0 Å². The molecule has 2 aliphatic rings. The Labute approximate surface area is 177 Å². The molecule has 0 saturated heterocycles. The molecule has 3 aromatic rings.